The van der Waals surface area contributed by atoms with Gasteiger partial charge in [0, 0.05) is 31.1 Å². The summed E-state index contributed by atoms with van der Waals surface area (Å²) in [6.45, 7) is 4.78. The van der Waals surface area contributed by atoms with E-state index in [1.165, 1.54) is 6.42 Å². The minimum atomic E-state index is 0. The van der Waals surface area contributed by atoms with E-state index in [0.29, 0.717) is 0 Å². The predicted molar refractivity (Wildman–Crippen MR) is 28.5 cm³/mol. The Kier molecular flexibility index (Phi) is 15.7. The minimum absolute atomic E-state index is 0. The normalized spacial score (nSPS) is 7.71. The summed E-state index contributed by atoms with van der Waals surface area (Å²) in [4.78, 5) is 0. The minimum Gasteiger partial charge on any atom is -0.343 e. The number of nitrogens with one attached hydrogen (secondary N) is 1. The molecule has 0 amide bonds. The molecule has 0 radical (unpaired) electrons. The second-order valence-electron chi connectivity index (χ2n) is 1.31. The molecule has 1 N–H and O–H groups in total. The Morgan fingerprint density at radius 3 is 2.29 bits per heavy atom. The average Bonchev–Trinajstić information content (AvgIpc) is 1.61. The first-order valence-electron chi connectivity index (χ1n) is 2.35. The Morgan fingerprint density at radius 2 is 2.14 bits per heavy atom. The zero-order chi connectivity index (χ0) is 4.83. The van der Waals surface area contributed by atoms with Crippen molar-refractivity contribution in [2.24, 2.45) is 0 Å². The molecule has 0 saturated carbocycles. The van der Waals surface area contributed by atoms with Gasteiger partial charge in [-0.05, 0) is 13.6 Å². The molecule has 0 spiro atoms. The van der Waals surface area contributed by atoms with E-state index in [9.17, 15) is 0 Å². The number of unbranched alkanes of at least 4 members (excludes halogenated alkanes) is 1. The first-order valence-corrected chi connectivity index (χ1v) is 2.35. The van der Waals surface area contributed by atoms with E-state index in [2.05, 4.69) is 12.2 Å². The summed E-state index contributed by atoms with van der Waals surface area (Å²) in [5, 5.41) is 3.03. The summed E-state index contributed by atoms with van der Waals surface area (Å²) in [5.74, 6) is 0. The third kappa shape index (κ3) is 10.9. The molecule has 0 aromatic carbocycles. The molecule has 2 heteroatoms. The van der Waals surface area contributed by atoms with Gasteiger partial charge in [0.15, 0.2) is 0 Å². The molecule has 0 aliphatic heterocycles. The van der Waals surface area contributed by atoms with Gasteiger partial charge in [-0.1, -0.05) is 6.42 Å². The van der Waals surface area contributed by atoms with Gasteiger partial charge in [-0.2, -0.15) is 6.42 Å². The van der Waals surface area contributed by atoms with Gasteiger partial charge in [0.25, 0.3) is 0 Å². The quantitative estimate of drug-likeness (QED) is 0.599. The number of hydrogen-bond acceptors (Lipinski definition) is 1. The van der Waals surface area contributed by atoms with Crippen LogP contribution in [0.15, 0.2) is 0 Å². The third-order valence-corrected chi connectivity index (χ3v) is 0.677. The van der Waals surface area contributed by atoms with Crippen molar-refractivity contribution in [1.29, 1.82) is 0 Å². The van der Waals surface area contributed by atoms with Crippen LogP contribution in [0.3, 0.4) is 0 Å². The molecule has 0 aromatic heterocycles. The van der Waals surface area contributed by atoms with Gasteiger partial charge in [-0.3, -0.25) is 0 Å². The average molecular weight is 324 g/mol. The summed E-state index contributed by atoms with van der Waals surface area (Å²) in [7, 11) is 1.95. The van der Waals surface area contributed by atoms with Crippen molar-refractivity contribution < 1.29 is 31.1 Å². The molecule has 0 rings (SSSR count). The van der Waals surface area contributed by atoms with Crippen LogP contribution in [-0.2, 0) is 0 Å². The molecule has 0 fully saturated rings. The molecule has 1 nitrogen and oxygen atoms in total. The van der Waals surface area contributed by atoms with Gasteiger partial charge in [0.05, 0.1) is 0 Å². The molecule has 0 unspecified atom stereocenters. The first-order chi connectivity index (χ1) is 2.91. The van der Waals surface area contributed by atoms with E-state index < -0.39 is 0 Å². The molecule has 7 heavy (non-hydrogen) atoms. The Hall–Kier alpha value is 1.01. The first kappa shape index (κ1) is 10.9. The monoisotopic (exact) mass is 324 g/mol. The van der Waals surface area contributed by atoms with Gasteiger partial charge >= 0.3 is 0 Å². The van der Waals surface area contributed by atoms with Crippen molar-refractivity contribution in [2.75, 3.05) is 13.6 Å². The fourth-order valence-corrected chi connectivity index (χ4v) is 0.302. The molecule has 0 aromatic rings. The van der Waals surface area contributed by atoms with E-state index in [1.54, 1.807) is 0 Å². The topological polar surface area (TPSA) is 12.0 Å². The van der Waals surface area contributed by atoms with E-state index in [-0.39, 0.29) is 31.1 Å². The van der Waals surface area contributed by atoms with Crippen LogP contribution in [0.1, 0.15) is 12.8 Å². The van der Waals surface area contributed by atoms with Gasteiger partial charge in [-0.15, -0.1) is 0 Å². The maximum absolute atomic E-state index is 3.68. The van der Waals surface area contributed by atoms with Crippen molar-refractivity contribution in [3.05, 3.63) is 6.92 Å². The second-order valence-corrected chi connectivity index (χ2v) is 1.31. The standard InChI is InChI=1S/C5H12N.U/c1-3-4-5-6-2;/h6H,1,3-5H2,2H3;/q-1;. The molecule has 0 aliphatic rings. The maximum Gasteiger partial charge on any atom is 0 e. The zero-order valence-electron chi connectivity index (χ0n) is 4.83. The Bertz CT molecular complexity index is 20.0. The summed E-state index contributed by atoms with van der Waals surface area (Å²) in [6, 6.07) is 0. The van der Waals surface area contributed by atoms with Crippen LogP contribution in [0, 0.1) is 38.0 Å². The largest absolute Gasteiger partial charge is 0.343 e. The summed E-state index contributed by atoms with van der Waals surface area (Å²) in [6.07, 6.45) is 2.23. The number of hydrogen-bond donors (Lipinski definition) is 1. The zero-order valence-corrected chi connectivity index (χ0v) is 8.99. The Morgan fingerprint density at radius 1 is 1.57 bits per heavy atom. The van der Waals surface area contributed by atoms with Gasteiger partial charge in [-0.25, -0.2) is 0 Å². The van der Waals surface area contributed by atoms with Crippen molar-refractivity contribution in [1.82, 2.24) is 5.32 Å². The summed E-state index contributed by atoms with van der Waals surface area (Å²) < 4.78 is 0. The molecule has 42 valence electrons. The van der Waals surface area contributed by atoms with Crippen molar-refractivity contribution in [3.63, 3.8) is 0 Å². The van der Waals surface area contributed by atoms with Crippen molar-refractivity contribution >= 4 is 0 Å². The van der Waals surface area contributed by atoms with E-state index in [0.717, 1.165) is 13.0 Å². The molecule has 0 atom stereocenters. The van der Waals surface area contributed by atoms with Crippen LogP contribution < -0.4 is 5.32 Å². The van der Waals surface area contributed by atoms with Gasteiger partial charge in [0.1, 0.15) is 0 Å². The Labute approximate surface area is 69.6 Å². The SMILES string of the molecule is [CH2-]CCCNC.[U]. The number of rotatable bonds is 3. The molecular weight excluding hydrogens is 312 g/mol. The second kappa shape index (κ2) is 10.1. The van der Waals surface area contributed by atoms with Gasteiger partial charge < -0.3 is 12.2 Å². The predicted octanol–water partition coefficient (Wildman–Crippen LogP) is 0.820. The van der Waals surface area contributed by atoms with Crippen molar-refractivity contribution in [3.8, 4) is 0 Å². The van der Waals surface area contributed by atoms with E-state index >= 15 is 0 Å². The van der Waals surface area contributed by atoms with Crippen LogP contribution in [0.4, 0.5) is 0 Å². The summed E-state index contributed by atoms with van der Waals surface area (Å²) >= 11 is 0. The van der Waals surface area contributed by atoms with Crippen LogP contribution in [-0.4, -0.2) is 13.6 Å². The van der Waals surface area contributed by atoms with Gasteiger partial charge in [0.2, 0.25) is 0 Å². The van der Waals surface area contributed by atoms with E-state index in [1.807, 2.05) is 7.05 Å². The third-order valence-electron chi connectivity index (χ3n) is 0.677. The van der Waals surface area contributed by atoms with Crippen molar-refractivity contribution in [2.45, 2.75) is 12.8 Å². The molecule has 0 aliphatic carbocycles. The maximum atomic E-state index is 3.68. The van der Waals surface area contributed by atoms with Crippen LogP contribution >= 0.6 is 0 Å². The molecule has 0 saturated heterocycles. The van der Waals surface area contributed by atoms with E-state index in [4.69, 9.17) is 0 Å². The molecule has 0 heterocycles. The smallest absolute Gasteiger partial charge is 0 e. The van der Waals surface area contributed by atoms with Crippen LogP contribution in [0.25, 0.3) is 0 Å². The Balaban J connectivity index is 0. The summed E-state index contributed by atoms with van der Waals surface area (Å²) in [5.41, 5.74) is 0. The molecule has 0 bridgehead atoms. The molecular formula is C5H12NU-. The fourth-order valence-electron chi connectivity index (χ4n) is 0.302. The fraction of sp³-hybridized carbons (Fsp3) is 0.800. The van der Waals surface area contributed by atoms with Crippen LogP contribution in [0.5, 0.6) is 0 Å². The van der Waals surface area contributed by atoms with Crippen LogP contribution in [0.2, 0.25) is 0 Å².